The van der Waals surface area contributed by atoms with Crippen LogP contribution in [0.15, 0.2) is 60.9 Å². The Morgan fingerprint density at radius 2 is 1.89 bits per heavy atom. The summed E-state index contributed by atoms with van der Waals surface area (Å²) in [5.41, 5.74) is 8.29. The number of H-pyrrole nitrogens is 1. The number of aromatic nitrogens is 3. The van der Waals surface area contributed by atoms with E-state index in [9.17, 15) is 9.59 Å². The number of pyridine rings is 1. The van der Waals surface area contributed by atoms with E-state index in [2.05, 4.69) is 32.0 Å². The van der Waals surface area contributed by atoms with Crippen molar-refractivity contribution in [2.75, 3.05) is 18.0 Å². The van der Waals surface area contributed by atoms with Gasteiger partial charge in [-0.2, -0.15) is 0 Å². The van der Waals surface area contributed by atoms with Gasteiger partial charge in [0, 0.05) is 24.7 Å². The van der Waals surface area contributed by atoms with Crippen LogP contribution in [0.4, 0.5) is 5.82 Å². The number of hydrogen-bond donors (Lipinski definition) is 3. The van der Waals surface area contributed by atoms with E-state index in [1.54, 1.807) is 6.92 Å². The SMILES string of the molecule is CC#CC(=O)NC1CCCN(c2nc(-c3ccc(Oc4ccccc4)cc3)c(C(N)=O)c3nc[nH]c23)C1. The Hall–Kier alpha value is -4.84. The maximum Gasteiger partial charge on any atom is 0.296 e. The van der Waals surface area contributed by atoms with Crippen LogP contribution in [0.3, 0.4) is 0 Å². The number of rotatable bonds is 6. The molecule has 37 heavy (non-hydrogen) atoms. The van der Waals surface area contributed by atoms with Crippen molar-refractivity contribution in [1.29, 1.82) is 0 Å². The van der Waals surface area contributed by atoms with Gasteiger partial charge in [-0.1, -0.05) is 24.1 Å². The number of anilines is 1. The Bertz CT molecular complexity index is 1500. The number of carbonyl (C=O) groups is 2. The highest BCUT2D eigenvalue weighted by Crippen LogP contribution is 2.34. The van der Waals surface area contributed by atoms with Crippen molar-refractivity contribution < 1.29 is 14.3 Å². The Morgan fingerprint density at radius 3 is 2.62 bits per heavy atom. The van der Waals surface area contributed by atoms with Gasteiger partial charge in [-0.25, -0.2) is 9.97 Å². The number of benzene rings is 2. The second-order valence-corrected chi connectivity index (χ2v) is 8.72. The molecule has 0 aliphatic carbocycles. The van der Waals surface area contributed by atoms with E-state index in [1.807, 2.05) is 54.6 Å². The van der Waals surface area contributed by atoms with Gasteiger partial charge in [-0.05, 0) is 62.1 Å². The van der Waals surface area contributed by atoms with Gasteiger partial charge in [0.05, 0.1) is 17.6 Å². The van der Waals surface area contributed by atoms with Crippen LogP contribution < -0.4 is 20.7 Å². The molecular formula is C28H26N6O3. The highest BCUT2D eigenvalue weighted by Gasteiger charge is 2.27. The molecule has 0 radical (unpaired) electrons. The zero-order chi connectivity index (χ0) is 25.8. The number of amides is 2. The lowest BCUT2D eigenvalue weighted by atomic mass is 10.0. The second-order valence-electron chi connectivity index (χ2n) is 8.72. The van der Waals surface area contributed by atoms with Crippen LogP contribution in [0, 0.1) is 11.8 Å². The van der Waals surface area contributed by atoms with E-state index in [-0.39, 0.29) is 17.5 Å². The van der Waals surface area contributed by atoms with Crippen LogP contribution in [0.25, 0.3) is 22.3 Å². The number of piperidine rings is 1. The standard InChI is InChI=1S/C28H26N6O3/c1-2-7-22(35)32-19-8-6-15-34(16-19)28-26-25(30-17-31-26)23(27(29)36)24(33-28)18-11-13-21(14-12-18)37-20-9-4-3-5-10-20/h3-5,9-14,17,19H,6,8,15-16H2,1H3,(H2,29,36)(H,30,31)(H,32,35). The molecule has 1 atom stereocenters. The third-order valence-corrected chi connectivity index (χ3v) is 6.20. The maximum atomic E-state index is 12.6. The molecule has 4 N–H and O–H groups in total. The normalized spacial score (nSPS) is 15.1. The van der Waals surface area contributed by atoms with Crippen LogP contribution in [-0.4, -0.2) is 45.9 Å². The van der Waals surface area contributed by atoms with Crippen LogP contribution in [0.1, 0.15) is 30.1 Å². The van der Waals surface area contributed by atoms with E-state index in [1.165, 1.54) is 6.33 Å². The first kappa shape index (κ1) is 23.9. The Labute approximate surface area is 214 Å². The Balaban J connectivity index is 1.51. The van der Waals surface area contributed by atoms with Crippen LogP contribution in [0.5, 0.6) is 11.5 Å². The molecule has 186 valence electrons. The molecule has 1 fully saturated rings. The number of para-hydroxylation sites is 1. The monoisotopic (exact) mass is 494 g/mol. The number of nitrogens with one attached hydrogen (secondary N) is 2. The van der Waals surface area contributed by atoms with Gasteiger partial charge in [0.25, 0.3) is 11.8 Å². The summed E-state index contributed by atoms with van der Waals surface area (Å²) in [7, 11) is 0. The number of primary amides is 1. The topological polar surface area (TPSA) is 126 Å². The molecular weight excluding hydrogens is 468 g/mol. The van der Waals surface area contributed by atoms with E-state index in [0.29, 0.717) is 40.4 Å². The third kappa shape index (κ3) is 5.09. The van der Waals surface area contributed by atoms with Crippen molar-refractivity contribution >= 4 is 28.7 Å². The maximum absolute atomic E-state index is 12.6. The number of hydrogen-bond acceptors (Lipinski definition) is 6. The molecule has 5 rings (SSSR count). The van der Waals surface area contributed by atoms with Gasteiger partial charge in [0.2, 0.25) is 0 Å². The van der Waals surface area contributed by atoms with Gasteiger partial charge >= 0.3 is 0 Å². The third-order valence-electron chi connectivity index (χ3n) is 6.20. The van der Waals surface area contributed by atoms with E-state index in [0.717, 1.165) is 25.1 Å². The van der Waals surface area contributed by atoms with E-state index >= 15 is 0 Å². The zero-order valence-corrected chi connectivity index (χ0v) is 20.3. The summed E-state index contributed by atoms with van der Waals surface area (Å²) in [4.78, 5) is 39.1. The summed E-state index contributed by atoms with van der Waals surface area (Å²) in [5.74, 6) is 6.28. The molecule has 4 aromatic rings. The zero-order valence-electron chi connectivity index (χ0n) is 20.3. The molecule has 1 aliphatic rings. The molecule has 2 amide bonds. The average molecular weight is 495 g/mol. The largest absolute Gasteiger partial charge is 0.457 e. The van der Waals surface area contributed by atoms with Crippen molar-refractivity contribution in [2.24, 2.45) is 5.73 Å². The number of imidazole rings is 1. The summed E-state index contributed by atoms with van der Waals surface area (Å²) in [6.07, 6.45) is 3.23. The lowest BCUT2D eigenvalue weighted by molar-refractivity contribution is -0.116. The molecule has 0 spiro atoms. The molecule has 1 aliphatic heterocycles. The van der Waals surface area contributed by atoms with Gasteiger partial charge in [-0.15, -0.1) is 0 Å². The number of ether oxygens (including phenoxy) is 1. The van der Waals surface area contributed by atoms with Crippen LogP contribution in [-0.2, 0) is 4.79 Å². The fourth-order valence-corrected chi connectivity index (χ4v) is 4.58. The lowest BCUT2D eigenvalue weighted by Crippen LogP contribution is -2.48. The Morgan fingerprint density at radius 1 is 1.14 bits per heavy atom. The van der Waals surface area contributed by atoms with Crippen molar-refractivity contribution in [3.8, 4) is 34.6 Å². The number of aromatic amines is 1. The number of nitrogens with two attached hydrogens (primary N) is 1. The molecule has 2 aromatic carbocycles. The molecule has 3 heterocycles. The van der Waals surface area contributed by atoms with Crippen molar-refractivity contribution in [3.63, 3.8) is 0 Å². The highest BCUT2D eigenvalue weighted by atomic mass is 16.5. The smallest absolute Gasteiger partial charge is 0.296 e. The van der Waals surface area contributed by atoms with Gasteiger partial charge in [0.1, 0.15) is 22.5 Å². The Kier molecular flexibility index (Phi) is 6.72. The summed E-state index contributed by atoms with van der Waals surface area (Å²) >= 11 is 0. The first-order valence-electron chi connectivity index (χ1n) is 12.0. The van der Waals surface area contributed by atoms with Crippen molar-refractivity contribution in [2.45, 2.75) is 25.8 Å². The summed E-state index contributed by atoms with van der Waals surface area (Å²) in [6.45, 7) is 2.93. The average Bonchev–Trinajstić information content (AvgIpc) is 3.39. The quantitative estimate of drug-likeness (QED) is 0.352. The summed E-state index contributed by atoms with van der Waals surface area (Å²) in [5, 5.41) is 2.97. The minimum Gasteiger partial charge on any atom is -0.457 e. The lowest BCUT2D eigenvalue weighted by Gasteiger charge is -2.34. The molecule has 1 saturated heterocycles. The minimum atomic E-state index is -0.613. The first-order valence-corrected chi connectivity index (χ1v) is 12.0. The van der Waals surface area contributed by atoms with E-state index < -0.39 is 5.91 Å². The highest BCUT2D eigenvalue weighted by molar-refractivity contribution is 6.11. The van der Waals surface area contributed by atoms with Crippen LogP contribution >= 0.6 is 0 Å². The predicted octanol–water partition coefficient (Wildman–Crippen LogP) is 3.62. The van der Waals surface area contributed by atoms with Gasteiger partial charge in [0.15, 0.2) is 5.82 Å². The second kappa shape index (κ2) is 10.4. The molecule has 0 bridgehead atoms. The summed E-state index contributed by atoms with van der Waals surface area (Å²) < 4.78 is 5.90. The number of fused-ring (bicyclic) bond motifs is 1. The molecule has 1 unspecified atom stereocenters. The van der Waals surface area contributed by atoms with Crippen molar-refractivity contribution in [1.82, 2.24) is 20.3 Å². The van der Waals surface area contributed by atoms with E-state index in [4.69, 9.17) is 15.5 Å². The fourth-order valence-electron chi connectivity index (χ4n) is 4.58. The fraction of sp³-hybridized carbons (Fsp3) is 0.214. The molecule has 2 aromatic heterocycles. The number of carbonyl (C=O) groups excluding carboxylic acids is 2. The van der Waals surface area contributed by atoms with Crippen molar-refractivity contribution in [3.05, 3.63) is 66.5 Å². The molecule has 9 nitrogen and oxygen atoms in total. The number of nitrogens with zero attached hydrogens (tertiary/aromatic N) is 3. The predicted molar refractivity (Wildman–Crippen MR) is 141 cm³/mol. The molecule has 9 heteroatoms. The van der Waals surface area contributed by atoms with Gasteiger partial charge in [-0.3, -0.25) is 9.59 Å². The first-order chi connectivity index (χ1) is 18.0. The summed E-state index contributed by atoms with van der Waals surface area (Å²) in [6, 6.07) is 16.7. The molecule has 0 saturated carbocycles. The minimum absolute atomic E-state index is 0.0736. The van der Waals surface area contributed by atoms with Gasteiger partial charge < -0.3 is 25.7 Å². The van der Waals surface area contributed by atoms with Crippen LogP contribution in [0.2, 0.25) is 0 Å².